The van der Waals surface area contributed by atoms with E-state index in [4.69, 9.17) is 15.2 Å². The Morgan fingerprint density at radius 3 is 2.82 bits per heavy atom. The number of carbonyl (C=O) groups excluding carboxylic acids is 1. The van der Waals surface area contributed by atoms with Gasteiger partial charge < -0.3 is 15.2 Å². The van der Waals surface area contributed by atoms with Crippen molar-refractivity contribution >= 4 is 27.5 Å². The quantitative estimate of drug-likeness (QED) is 0.360. The van der Waals surface area contributed by atoms with Crippen LogP contribution in [0, 0.1) is 0 Å². The van der Waals surface area contributed by atoms with E-state index in [1.54, 1.807) is 12.1 Å². The number of halogens is 1. The standard InChI is InChI=1S/C14H20BrN3O4/c15-11-8-10(14(16)19)9-12(13(11)17-20)22-5-1-2-18-3-6-21-7-4-18/h8-9,17,20H,1-7H2,(H2,16,19)/p+1. The lowest BCUT2D eigenvalue weighted by Gasteiger charge is -2.26. The minimum Gasteiger partial charge on any atom is -0.487 e. The molecule has 1 heterocycles. The van der Waals surface area contributed by atoms with E-state index < -0.39 is 5.91 Å². The SMILES string of the molecule is NC(=O)c1cc(Br)c([NH2+]O)c(OCCCN2CCOCC2)c1. The van der Waals surface area contributed by atoms with E-state index in [1.165, 1.54) is 0 Å². The topological polar surface area (TPSA) is 102 Å². The van der Waals surface area contributed by atoms with E-state index in [0.717, 1.165) is 44.7 Å². The fraction of sp³-hybridized carbons (Fsp3) is 0.500. The van der Waals surface area contributed by atoms with Gasteiger partial charge in [0, 0.05) is 25.2 Å². The number of morpholine rings is 1. The molecule has 2 rings (SSSR count). The molecule has 1 amide bonds. The summed E-state index contributed by atoms with van der Waals surface area (Å²) in [5.74, 6) is -0.101. The van der Waals surface area contributed by atoms with Gasteiger partial charge in [0.1, 0.15) is 0 Å². The van der Waals surface area contributed by atoms with Gasteiger partial charge in [0.05, 0.1) is 24.3 Å². The lowest BCUT2D eigenvalue weighted by molar-refractivity contribution is -0.826. The van der Waals surface area contributed by atoms with Crippen LogP contribution in [-0.4, -0.2) is 55.5 Å². The van der Waals surface area contributed by atoms with Crippen molar-refractivity contribution in [3.63, 3.8) is 0 Å². The van der Waals surface area contributed by atoms with Gasteiger partial charge in [-0.1, -0.05) is 0 Å². The first-order chi connectivity index (χ1) is 10.6. The summed E-state index contributed by atoms with van der Waals surface area (Å²) >= 11 is 3.30. The van der Waals surface area contributed by atoms with Crippen LogP contribution in [0.15, 0.2) is 16.6 Å². The molecule has 8 heteroatoms. The fourth-order valence-electron chi connectivity index (χ4n) is 2.27. The molecule has 122 valence electrons. The van der Waals surface area contributed by atoms with Crippen LogP contribution in [0.1, 0.15) is 16.8 Å². The average Bonchev–Trinajstić information content (AvgIpc) is 2.52. The third kappa shape index (κ3) is 4.65. The molecule has 0 radical (unpaired) electrons. The van der Waals surface area contributed by atoms with E-state index in [2.05, 4.69) is 20.8 Å². The van der Waals surface area contributed by atoms with Crippen LogP contribution in [0.25, 0.3) is 0 Å². The zero-order chi connectivity index (χ0) is 15.9. The highest BCUT2D eigenvalue weighted by Gasteiger charge is 2.17. The zero-order valence-electron chi connectivity index (χ0n) is 12.3. The molecule has 0 atom stereocenters. The summed E-state index contributed by atoms with van der Waals surface area (Å²) in [5, 5.41) is 9.32. The Bertz CT molecular complexity index is 521. The van der Waals surface area contributed by atoms with Crippen LogP contribution >= 0.6 is 15.9 Å². The van der Waals surface area contributed by atoms with Gasteiger partial charge >= 0.3 is 0 Å². The van der Waals surface area contributed by atoms with Crippen molar-refractivity contribution in [1.29, 1.82) is 0 Å². The number of carbonyl (C=O) groups is 1. The second-order valence-corrected chi connectivity index (χ2v) is 5.87. The molecule has 7 nitrogen and oxygen atoms in total. The molecule has 1 aliphatic heterocycles. The van der Waals surface area contributed by atoms with Gasteiger partial charge in [0.2, 0.25) is 11.6 Å². The molecular formula is C14H21BrN3O4+. The van der Waals surface area contributed by atoms with Crippen molar-refractivity contribution in [2.45, 2.75) is 6.42 Å². The summed E-state index contributed by atoms with van der Waals surface area (Å²) in [6.45, 7) is 4.86. The van der Waals surface area contributed by atoms with Gasteiger partial charge in [-0.2, -0.15) is 5.48 Å². The molecule has 0 spiro atoms. The number of ether oxygens (including phenoxy) is 2. The summed E-state index contributed by atoms with van der Waals surface area (Å²) in [6, 6.07) is 3.11. The third-order valence-electron chi connectivity index (χ3n) is 3.49. The minimum atomic E-state index is -0.539. The zero-order valence-corrected chi connectivity index (χ0v) is 13.8. The van der Waals surface area contributed by atoms with Crippen molar-refractivity contribution in [3.8, 4) is 5.75 Å². The first-order valence-electron chi connectivity index (χ1n) is 7.15. The molecule has 1 aliphatic rings. The van der Waals surface area contributed by atoms with E-state index in [1.807, 2.05) is 0 Å². The maximum atomic E-state index is 11.3. The Labute approximate surface area is 137 Å². The Balaban J connectivity index is 1.91. The smallest absolute Gasteiger partial charge is 0.248 e. The number of nitrogens with zero attached hydrogens (tertiary/aromatic N) is 1. The number of primary amides is 1. The number of amides is 1. The van der Waals surface area contributed by atoms with Crippen LogP contribution < -0.4 is 16.0 Å². The summed E-state index contributed by atoms with van der Waals surface area (Å²) in [4.78, 5) is 13.6. The van der Waals surface area contributed by atoms with Crippen molar-refractivity contribution in [1.82, 2.24) is 4.90 Å². The molecule has 1 saturated heterocycles. The van der Waals surface area contributed by atoms with E-state index >= 15 is 0 Å². The van der Waals surface area contributed by atoms with E-state index in [9.17, 15) is 10.0 Å². The number of benzene rings is 1. The molecule has 0 aromatic heterocycles. The van der Waals surface area contributed by atoms with Gasteiger partial charge in [-0.05, 0) is 34.5 Å². The first kappa shape index (κ1) is 17.2. The number of quaternary nitrogens is 1. The lowest BCUT2D eigenvalue weighted by Crippen LogP contribution is -2.74. The number of hydrogen-bond donors (Lipinski definition) is 3. The van der Waals surface area contributed by atoms with Crippen LogP contribution in [-0.2, 0) is 4.74 Å². The number of hydrogen-bond acceptors (Lipinski definition) is 5. The molecule has 0 aliphatic carbocycles. The van der Waals surface area contributed by atoms with Crippen molar-refractivity contribution in [2.75, 3.05) is 39.5 Å². The molecule has 0 unspecified atom stereocenters. The summed E-state index contributed by atoms with van der Waals surface area (Å²) < 4.78 is 11.6. The van der Waals surface area contributed by atoms with Gasteiger partial charge in [-0.25, -0.2) is 5.21 Å². The minimum absolute atomic E-state index is 0.334. The van der Waals surface area contributed by atoms with E-state index in [-0.39, 0.29) is 0 Å². The maximum Gasteiger partial charge on any atom is 0.248 e. The Hall–Kier alpha value is -1.19. The van der Waals surface area contributed by atoms with Gasteiger partial charge in [-0.15, -0.1) is 0 Å². The van der Waals surface area contributed by atoms with Crippen molar-refractivity contribution in [2.24, 2.45) is 5.73 Å². The third-order valence-corrected chi connectivity index (χ3v) is 4.14. The highest BCUT2D eigenvalue weighted by Crippen LogP contribution is 2.30. The van der Waals surface area contributed by atoms with Crippen LogP contribution in [0.4, 0.5) is 5.69 Å². The average molecular weight is 375 g/mol. The second-order valence-electron chi connectivity index (χ2n) is 5.02. The normalized spacial score (nSPS) is 15.7. The Morgan fingerprint density at radius 1 is 1.45 bits per heavy atom. The highest BCUT2D eigenvalue weighted by atomic mass is 79.9. The summed E-state index contributed by atoms with van der Waals surface area (Å²) in [6.07, 6.45) is 0.850. The first-order valence-corrected chi connectivity index (χ1v) is 7.95. The van der Waals surface area contributed by atoms with Gasteiger partial charge in [0.25, 0.3) is 0 Å². The summed E-state index contributed by atoms with van der Waals surface area (Å²) in [7, 11) is 0. The van der Waals surface area contributed by atoms with Gasteiger partial charge in [0.15, 0.2) is 5.75 Å². The predicted octanol–water partition coefficient (Wildman–Crippen LogP) is 0.233. The Kier molecular flexibility index (Phi) is 6.59. The molecule has 5 N–H and O–H groups in total. The molecule has 1 aromatic rings. The lowest BCUT2D eigenvalue weighted by atomic mass is 10.2. The second kappa shape index (κ2) is 8.44. The fourth-order valence-corrected chi connectivity index (χ4v) is 2.82. The molecular weight excluding hydrogens is 354 g/mol. The number of rotatable bonds is 7. The predicted molar refractivity (Wildman–Crippen MR) is 83.4 cm³/mol. The summed E-state index contributed by atoms with van der Waals surface area (Å²) in [5.41, 5.74) is 7.07. The highest BCUT2D eigenvalue weighted by molar-refractivity contribution is 9.10. The van der Waals surface area contributed by atoms with Gasteiger partial charge in [-0.3, -0.25) is 9.69 Å². The van der Waals surface area contributed by atoms with Crippen molar-refractivity contribution in [3.05, 3.63) is 22.2 Å². The van der Waals surface area contributed by atoms with Crippen LogP contribution in [0.3, 0.4) is 0 Å². The Morgan fingerprint density at radius 2 is 2.18 bits per heavy atom. The largest absolute Gasteiger partial charge is 0.487 e. The van der Waals surface area contributed by atoms with Crippen LogP contribution in [0.2, 0.25) is 0 Å². The van der Waals surface area contributed by atoms with E-state index in [0.29, 0.717) is 28.1 Å². The molecule has 22 heavy (non-hydrogen) atoms. The number of nitrogens with two attached hydrogens (primary N) is 2. The molecule has 0 saturated carbocycles. The molecule has 1 fully saturated rings. The van der Waals surface area contributed by atoms with Crippen LogP contribution in [0.5, 0.6) is 5.75 Å². The molecule has 1 aromatic carbocycles. The van der Waals surface area contributed by atoms with Crippen molar-refractivity contribution < 1.29 is 25.0 Å². The maximum absolute atomic E-state index is 11.3. The molecule has 0 bridgehead atoms. The monoisotopic (exact) mass is 374 g/mol.